The van der Waals surface area contributed by atoms with E-state index in [1.54, 1.807) is 4.90 Å². The average molecular weight is 392 g/mol. The molecule has 3 rings (SSSR count). The molecule has 5 nitrogen and oxygen atoms in total. The molecule has 2 aromatic carbocycles. The third-order valence-electron chi connectivity index (χ3n) is 4.85. The average Bonchev–Trinajstić information content (AvgIpc) is 3.22. The molecule has 1 heterocycles. The van der Waals surface area contributed by atoms with Crippen molar-refractivity contribution in [1.29, 1.82) is 0 Å². The first-order valence-electron chi connectivity index (χ1n) is 10.1. The van der Waals surface area contributed by atoms with Gasteiger partial charge in [0.05, 0.1) is 6.61 Å². The summed E-state index contributed by atoms with van der Waals surface area (Å²) in [6.07, 6.45) is 2.74. The van der Waals surface area contributed by atoms with Crippen LogP contribution < -0.4 is 4.74 Å². The van der Waals surface area contributed by atoms with Gasteiger partial charge in [-0.25, -0.2) is 0 Å². The van der Waals surface area contributed by atoms with Gasteiger partial charge in [0.2, 0.25) is 5.91 Å². The van der Waals surface area contributed by atoms with E-state index < -0.39 is 0 Å². The number of nitrogens with zero attached hydrogens (tertiary/aromatic N) is 2. The lowest BCUT2D eigenvalue weighted by Gasteiger charge is -2.17. The van der Waals surface area contributed by atoms with Crippen LogP contribution in [-0.2, 0) is 17.6 Å². The maximum absolute atomic E-state index is 12.5. The second kappa shape index (κ2) is 10.5. The Morgan fingerprint density at radius 3 is 2.62 bits per heavy atom. The molecular formula is C24H28N2O3. The Balaban J connectivity index is 1.43. The van der Waals surface area contributed by atoms with Gasteiger partial charge < -0.3 is 14.2 Å². The van der Waals surface area contributed by atoms with Crippen molar-refractivity contribution in [2.24, 2.45) is 0 Å². The molecular weight excluding hydrogens is 364 g/mol. The molecule has 0 aliphatic rings. The van der Waals surface area contributed by atoms with Gasteiger partial charge in [-0.05, 0) is 31.4 Å². The maximum atomic E-state index is 12.5. The molecule has 0 radical (unpaired) electrons. The lowest BCUT2D eigenvalue weighted by atomic mass is 10.1. The lowest BCUT2D eigenvalue weighted by molar-refractivity contribution is -0.129. The van der Waals surface area contributed by atoms with E-state index in [4.69, 9.17) is 9.26 Å². The van der Waals surface area contributed by atoms with Crippen molar-refractivity contribution < 1.29 is 14.1 Å². The number of aromatic nitrogens is 1. The van der Waals surface area contributed by atoms with E-state index in [-0.39, 0.29) is 5.91 Å². The fraction of sp³-hybridized carbons (Fsp3) is 0.333. The molecule has 0 saturated carbocycles. The van der Waals surface area contributed by atoms with Crippen LogP contribution in [0.1, 0.15) is 31.1 Å². The first-order valence-corrected chi connectivity index (χ1v) is 10.1. The molecule has 5 heteroatoms. The molecule has 0 fully saturated rings. The Kier molecular flexibility index (Phi) is 7.45. The Morgan fingerprint density at radius 1 is 1.07 bits per heavy atom. The van der Waals surface area contributed by atoms with Crippen LogP contribution in [-0.4, -0.2) is 36.2 Å². The monoisotopic (exact) mass is 392 g/mol. The Bertz CT molecular complexity index is 905. The summed E-state index contributed by atoms with van der Waals surface area (Å²) in [5.41, 5.74) is 2.96. The van der Waals surface area contributed by atoms with E-state index in [2.05, 4.69) is 5.16 Å². The minimum absolute atomic E-state index is 0.138. The van der Waals surface area contributed by atoms with Crippen molar-refractivity contribution in [1.82, 2.24) is 10.1 Å². The maximum Gasteiger partial charge on any atom is 0.222 e. The van der Waals surface area contributed by atoms with Crippen LogP contribution in [0.4, 0.5) is 0 Å². The van der Waals surface area contributed by atoms with Crippen LogP contribution in [0.25, 0.3) is 11.3 Å². The predicted molar refractivity (Wildman–Crippen MR) is 114 cm³/mol. The molecule has 0 spiro atoms. The summed E-state index contributed by atoms with van der Waals surface area (Å²) >= 11 is 0. The number of carbonyl (C=O) groups excluding carboxylic acids is 1. The number of hydrogen-bond acceptors (Lipinski definition) is 4. The molecule has 0 saturated heterocycles. The number of ether oxygens (including phenoxy) is 1. The van der Waals surface area contributed by atoms with Crippen molar-refractivity contribution in [2.75, 3.05) is 20.2 Å². The standard InChI is InChI=1S/C24H28N2O3/c1-3-28-23-14-8-7-12-20(23)15-16-24(27)26(2)17-9-13-21-18-22(25-29-21)19-10-5-4-6-11-19/h4-8,10-12,14,18H,3,9,13,15-17H2,1-2H3. The second-order valence-electron chi connectivity index (χ2n) is 7.00. The molecule has 0 N–H and O–H groups in total. The highest BCUT2D eigenvalue weighted by molar-refractivity contribution is 5.76. The summed E-state index contributed by atoms with van der Waals surface area (Å²) < 4.78 is 11.1. The highest BCUT2D eigenvalue weighted by atomic mass is 16.5. The molecule has 0 bridgehead atoms. The second-order valence-corrected chi connectivity index (χ2v) is 7.00. The summed E-state index contributed by atoms with van der Waals surface area (Å²) in [5, 5.41) is 4.14. The Labute approximate surface area is 172 Å². The Morgan fingerprint density at radius 2 is 1.83 bits per heavy atom. The van der Waals surface area contributed by atoms with Gasteiger partial charge in [-0.2, -0.15) is 0 Å². The van der Waals surface area contributed by atoms with Gasteiger partial charge in [-0.1, -0.05) is 53.7 Å². The van der Waals surface area contributed by atoms with Crippen LogP contribution in [0.15, 0.2) is 65.2 Å². The third kappa shape index (κ3) is 5.95. The van der Waals surface area contributed by atoms with Gasteiger partial charge >= 0.3 is 0 Å². The normalized spacial score (nSPS) is 10.7. The molecule has 1 aromatic heterocycles. The van der Waals surface area contributed by atoms with Crippen LogP contribution >= 0.6 is 0 Å². The number of aryl methyl sites for hydroxylation is 2. The largest absolute Gasteiger partial charge is 0.494 e. The first kappa shape index (κ1) is 20.6. The number of carbonyl (C=O) groups is 1. The summed E-state index contributed by atoms with van der Waals surface area (Å²) in [7, 11) is 1.85. The zero-order chi connectivity index (χ0) is 20.5. The quantitative estimate of drug-likeness (QED) is 0.499. The van der Waals surface area contributed by atoms with Crippen LogP contribution in [0.5, 0.6) is 5.75 Å². The number of amides is 1. The van der Waals surface area contributed by atoms with Crippen molar-refractivity contribution in [2.45, 2.75) is 32.6 Å². The van der Waals surface area contributed by atoms with Crippen molar-refractivity contribution in [3.63, 3.8) is 0 Å². The van der Waals surface area contributed by atoms with Gasteiger partial charge in [0.25, 0.3) is 0 Å². The SMILES string of the molecule is CCOc1ccccc1CCC(=O)N(C)CCCc1cc(-c2ccccc2)no1. The summed E-state index contributed by atoms with van der Waals surface area (Å²) in [4.78, 5) is 14.3. The first-order chi connectivity index (χ1) is 14.2. The molecule has 0 aliphatic carbocycles. The molecule has 0 unspecified atom stereocenters. The van der Waals surface area contributed by atoms with E-state index >= 15 is 0 Å². The van der Waals surface area contributed by atoms with E-state index in [1.165, 1.54) is 0 Å². The predicted octanol–water partition coefficient (Wildman–Crippen LogP) is 4.76. The summed E-state index contributed by atoms with van der Waals surface area (Å²) in [6, 6.07) is 19.8. The van der Waals surface area contributed by atoms with Crippen LogP contribution in [0.3, 0.4) is 0 Å². The Hall–Kier alpha value is -3.08. The number of rotatable bonds is 10. The number of benzene rings is 2. The fourth-order valence-electron chi connectivity index (χ4n) is 3.23. The molecule has 0 aliphatic heterocycles. The van der Waals surface area contributed by atoms with Crippen molar-refractivity contribution in [3.8, 4) is 17.0 Å². The third-order valence-corrected chi connectivity index (χ3v) is 4.85. The van der Waals surface area contributed by atoms with Crippen molar-refractivity contribution >= 4 is 5.91 Å². The van der Waals surface area contributed by atoms with Crippen LogP contribution in [0, 0.1) is 0 Å². The smallest absolute Gasteiger partial charge is 0.222 e. The van der Waals surface area contributed by atoms with Crippen LogP contribution in [0.2, 0.25) is 0 Å². The number of hydrogen-bond donors (Lipinski definition) is 0. The fourth-order valence-corrected chi connectivity index (χ4v) is 3.23. The number of para-hydroxylation sites is 1. The zero-order valence-corrected chi connectivity index (χ0v) is 17.1. The van der Waals surface area contributed by atoms with Gasteiger partial charge in [0.15, 0.2) is 0 Å². The highest BCUT2D eigenvalue weighted by Gasteiger charge is 2.12. The minimum atomic E-state index is 0.138. The molecule has 3 aromatic rings. The van der Waals surface area contributed by atoms with Gasteiger partial charge in [-0.15, -0.1) is 0 Å². The molecule has 0 atom stereocenters. The minimum Gasteiger partial charge on any atom is -0.494 e. The van der Waals surface area contributed by atoms with E-state index in [9.17, 15) is 4.79 Å². The highest BCUT2D eigenvalue weighted by Crippen LogP contribution is 2.21. The van der Waals surface area contributed by atoms with Gasteiger partial charge in [-0.3, -0.25) is 4.79 Å². The van der Waals surface area contributed by atoms with E-state index in [0.717, 1.165) is 41.2 Å². The summed E-state index contributed by atoms with van der Waals surface area (Å²) in [6.45, 7) is 3.28. The van der Waals surface area contributed by atoms with Crippen molar-refractivity contribution in [3.05, 3.63) is 72.0 Å². The molecule has 1 amide bonds. The summed E-state index contributed by atoms with van der Waals surface area (Å²) in [5.74, 6) is 1.85. The van der Waals surface area contributed by atoms with E-state index in [0.29, 0.717) is 26.0 Å². The lowest BCUT2D eigenvalue weighted by Crippen LogP contribution is -2.28. The van der Waals surface area contributed by atoms with Gasteiger partial charge in [0.1, 0.15) is 17.2 Å². The van der Waals surface area contributed by atoms with Gasteiger partial charge in [0, 0.05) is 38.1 Å². The topological polar surface area (TPSA) is 55.6 Å². The zero-order valence-electron chi connectivity index (χ0n) is 17.1. The van der Waals surface area contributed by atoms with E-state index in [1.807, 2.05) is 74.6 Å². The molecule has 152 valence electrons. The molecule has 29 heavy (non-hydrogen) atoms.